The summed E-state index contributed by atoms with van der Waals surface area (Å²) < 4.78 is 0. The molecule has 0 amide bonds. The van der Waals surface area contributed by atoms with Gasteiger partial charge in [-0.15, -0.1) is 0 Å². The summed E-state index contributed by atoms with van der Waals surface area (Å²) >= 11 is 6.41. The standard InChI is InChI=1S/C16H24ClN/c1-3-16(11-7-8-12-16)15(18-4-2)13-9-5-6-10-14(13)17/h5-6,9-10,15,18H,3-4,7-8,11-12H2,1-2H3. The second kappa shape index (κ2) is 6.08. The summed E-state index contributed by atoms with van der Waals surface area (Å²) in [5.41, 5.74) is 1.69. The molecule has 0 aliphatic heterocycles. The van der Waals surface area contributed by atoms with Crippen molar-refractivity contribution in [1.82, 2.24) is 5.32 Å². The Morgan fingerprint density at radius 3 is 2.44 bits per heavy atom. The molecule has 1 aliphatic rings. The molecule has 1 fully saturated rings. The zero-order chi connectivity index (χ0) is 13.0. The predicted molar refractivity (Wildman–Crippen MR) is 79.1 cm³/mol. The zero-order valence-corrected chi connectivity index (χ0v) is 12.3. The summed E-state index contributed by atoms with van der Waals surface area (Å²) in [6.45, 7) is 5.51. The van der Waals surface area contributed by atoms with Crippen LogP contribution in [0.2, 0.25) is 5.02 Å². The highest BCUT2D eigenvalue weighted by atomic mass is 35.5. The number of halogens is 1. The molecule has 0 heterocycles. The monoisotopic (exact) mass is 265 g/mol. The van der Waals surface area contributed by atoms with Gasteiger partial charge in [0.25, 0.3) is 0 Å². The normalized spacial score (nSPS) is 19.9. The van der Waals surface area contributed by atoms with Crippen LogP contribution < -0.4 is 5.32 Å². The van der Waals surface area contributed by atoms with E-state index in [-0.39, 0.29) is 0 Å². The van der Waals surface area contributed by atoms with Crippen LogP contribution in [-0.2, 0) is 0 Å². The van der Waals surface area contributed by atoms with Crippen molar-refractivity contribution in [3.8, 4) is 0 Å². The lowest BCUT2D eigenvalue weighted by Gasteiger charge is -2.38. The third-order valence-electron chi connectivity index (χ3n) is 4.54. The van der Waals surface area contributed by atoms with Crippen LogP contribution in [0.5, 0.6) is 0 Å². The molecule has 100 valence electrons. The minimum absolute atomic E-state index is 0.404. The van der Waals surface area contributed by atoms with Crippen molar-refractivity contribution in [2.45, 2.75) is 52.0 Å². The summed E-state index contributed by atoms with van der Waals surface area (Å²) in [5, 5.41) is 4.59. The lowest BCUT2D eigenvalue weighted by Crippen LogP contribution is -2.36. The third kappa shape index (κ3) is 2.57. The average Bonchev–Trinajstić information content (AvgIpc) is 2.87. The second-order valence-corrected chi connectivity index (χ2v) is 5.84. The summed E-state index contributed by atoms with van der Waals surface area (Å²) in [6, 6.07) is 8.72. The van der Waals surface area contributed by atoms with Gasteiger partial charge in [0, 0.05) is 11.1 Å². The van der Waals surface area contributed by atoms with Crippen LogP contribution in [0.15, 0.2) is 24.3 Å². The van der Waals surface area contributed by atoms with Crippen molar-refractivity contribution in [3.63, 3.8) is 0 Å². The van der Waals surface area contributed by atoms with Gasteiger partial charge in [0.2, 0.25) is 0 Å². The lowest BCUT2D eigenvalue weighted by atomic mass is 9.73. The average molecular weight is 266 g/mol. The van der Waals surface area contributed by atoms with Crippen molar-refractivity contribution in [1.29, 1.82) is 0 Å². The third-order valence-corrected chi connectivity index (χ3v) is 4.88. The molecule has 2 heteroatoms. The van der Waals surface area contributed by atoms with E-state index >= 15 is 0 Å². The van der Waals surface area contributed by atoms with Gasteiger partial charge in [-0.05, 0) is 42.9 Å². The number of nitrogens with one attached hydrogen (secondary N) is 1. The van der Waals surface area contributed by atoms with Gasteiger partial charge < -0.3 is 5.32 Å². The van der Waals surface area contributed by atoms with E-state index in [0.717, 1.165) is 11.6 Å². The SMILES string of the molecule is CCNC(c1ccccc1Cl)C1(CC)CCCC1. The van der Waals surface area contributed by atoms with Crippen molar-refractivity contribution >= 4 is 11.6 Å². The first kappa shape index (κ1) is 13.9. The summed E-state index contributed by atoms with van der Waals surface area (Å²) in [4.78, 5) is 0. The molecule has 1 atom stereocenters. The summed E-state index contributed by atoms with van der Waals surface area (Å²) in [6.07, 6.45) is 6.61. The van der Waals surface area contributed by atoms with E-state index in [1.54, 1.807) is 0 Å². The van der Waals surface area contributed by atoms with Gasteiger partial charge in [-0.25, -0.2) is 0 Å². The van der Waals surface area contributed by atoms with Gasteiger partial charge in [-0.2, -0.15) is 0 Å². The van der Waals surface area contributed by atoms with Gasteiger partial charge >= 0.3 is 0 Å². The van der Waals surface area contributed by atoms with E-state index in [9.17, 15) is 0 Å². The Balaban J connectivity index is 2.36. The topological polar surface area (TPSA) is 12.0 Å². The molecule has 0 aromatic heterocycles. The van der Waals surface area contributed by atoms with Gasteiger partial charge in [0.05, 0.1) is 0 Å². The molecular weight excluding hydrogens is 242 g/mol. The number of benzene rings is 1. The smallest absolute Gasteiger partial charge is 0.0454 e. The van der Waals surface area contributed by atoms with Crippen molar-refractivity contribution in [3.05, 3.63) is 34.9 Å². The van der Waals surface area contributed by atoms with Crippen LogP contribution in [0.3, 0.4) is 0 Å². The van der Waals surface area contributed by atoms with E-state index in [1.165, 1.54) is 37.7 Å². The first-order valence-electron chi connectivity index (χ1n) is 7.21. The Morgan fingerprint density at radius 1 is 1.22 bits per heavy atom. The van der Waals surface area contributed by atoms with Crippen molar-refractivity contribution in [2.24, 2.45) is 5.41 Å². The van der Waals surface area contributed by atoms with Gasteiger partial charge in [0.1, 0.15) is 0 Å². The Kier molecular flexibility index (Phi) is 4.69. The van der Waals surface area contributed by atoms with Crippen molar-refractivity contribution < 1.29 is 0 Å². The van der Waals surface area contributed by atoms with E-state index in [4.69, 9.17) is 11.6 Å². The minimum Gasteiger partial charge on any atom is -0.310 e. The molecule has 1 unspecified atom stereocenters. The van der Waals surface area contributed by atoms with Crippen LogP contribution in [0.1, 0.15) is 57.6 Å². The van der Waals surface area contributed by atoms with Gasteiger partial charge in [-0.1, -0.05) is 56.5 Å². The Hall–Kier alpha value is -0.530. The van der Waals surface area contributed by atoms with Crippen LogP contribution in [0.25, 0.3) is 0 Å². The molecule has 1 N–H and O–H groups in total. The highest BCUT2D eigenvalue weighted by Gasteiger charge is 2.40. The second-order valence-electron chi connectivity index (χ2n) is 5.44. The Bertz CT molecular complexity index is 382. The molecule has 1 nitrogen and oxygen atoms in total. The summed E-state index contributed by atoms with van der Waals surface area (Å²) in [7, 11) is 0. The largest absolute Gasteiger partial charge is 0.310 e. The van der Waals surface area contributed by atoms with E-state index < -0.39 is 0 Å². The molecular formula is C16H24ClN. The Labute approximate surface area is 116 Å². The van der Waals surface area contributed by atoms with E-state index in [0.29, 0.717) is 11.5 Å². The Morgan fingerprint density at radius 2 is 1.89 bits per heavy atom. The number of hydrogen-bond acceptors (Lipinski definition) is 1. The van der Waals surface area contributed by atoms with Gasteiger partial charge in [0.15, 0.2) is 0 Å². The molecule has 1 aromatic rings. The van der Waals surface area contributed by atoms with Gasteiger partial charge in [-0.3, -0.25) is 0 Å². The van der Waals surface area contributed by atoms with E-state index in [2.05, 4.69) is 31.3 Å². The fourth-order valence-corrected chi connectivity index (χ4v) is 3.74. The van der Waals surface area contributed by atoms with Crippen LogP contribution >= 0.6 is 11.6 Å². The highest BCUT2D eigenvalue weighted by molar-refractivity contribution is 6.31. The molecule has 1 saturated carbocycles. The fraction of sp³-hybridized carbons (Fsp3) is 0.625. The molecule has 0 spiro atoms. The van der Waals surface area contributed by atoms with Crippen LogP contribution in [0.4, 0.5) is 0 Å². The maximum absolute atomic E-state index is 6.41. The quantitative estimate of drug-likeness (QED) is 0.793. The molecule has 0 bridgehead atoms. The predicted octanol–water partition coefficient (Wildman–Crippen LogP) is 4.96. The van der Waals surface area contributed by atoms with Crippen LogP contribution in [-0.4, -0.2) is 6.54 Å². The first-order valence-corrected chi connectivity index (χ1v) is 7.59. The molecule has 18 heavy (non-hydrogen) atoms. The molecule has 2 rings (SSSR count). The minimum atomic E-state index is 0.404. The fourth-order valence-electron chi connectivity index (χ4n) is 3.50. The molecule has 0 radical (unpaired) electrons. The van der Waals surface area contributed by atoms with Crippen molar-refractivity contribution in [2.75, 3.05) is 6.54 Å². The zero-order valence-electron chi connectivity index (χ0n) is 11.5. The maximum atomic E-state index is 6.41. The number of rotatable bonds is 5. The first-order chi connectivity index (χ1) is 8.73. The van der Waals surface area contributed by atoms with E-state index in [1.807, 2.05) is 12.1 Å². The molecule has 1 aliphatic carbocycles. The molecule has 1 aromatic carbocycles. The maximum Gasteiger partial charge on any atom is 0.0454 e. The lowest BCUT2D eigenvalue weighted by molar-refractivity contribution is 0.189. The van der Waals surface area contributed by atoms with Crippen LogP contribution in [0, 0.1) is 5.41 Å². The summed E-state index contributed by atoms with van der Waals surface area (Å²) in [5.74, 6) is 0. The number of hydrogen-bond donors (Lipinski definition) is 1. The highest BCUT2D eigenvalue weighted by Crippen LogP contribution is 2.50. The molecule has 0 saturated heterocycles.